The smallest absolute Gasteiger partial charge is 0.000651 e. The van der Waals surface area contributed by atoms with Gasteiger partial charge in [0, 0.05) is 6.54 Å². The maximum absolute atomic E-state index is 3.42. The molecule has 1 aliphatic heterocycles. The van der Waals surface area contributed by atoms with E-state index < -0.39 is 0 Å². The first-order valence-corrected chi connectivity index (χ1v) is 5.63. The van der Waals surface area contributed by atoms with Gasteiger partial charge in [-0.3, -0.25) is 0 Å². The summed E-state index contributed by atoms with van der Waals surface area (Å²) in [5.41, 5.74) is 0. The van der Waals surface area contributed by atoms with Gasteiger partial charge in [0.15, 0.2) is 0 Å². The predicted molar refractivity (Wildman–Crippen MR) is 57.9 cm³/mol. The number of hydrogen-bond acceptors (Lipinski definition) is 2. The van der Waals surface area contributed by atoms with Crippen molar-refractivity contribution in [3.8, 4) is 0 Å². The van der Waals surface area contributed by atoms with Crippen LogP contribution in [0.1, 0.15) is 26.7 Å². The molecule has 1 N–H and O–H groups in total. The molecule has 0 aromatic heterocycles. The zero-order valence-corrected chi connectivity index (χ0v) is 9.34. The average molecular weight is 184 g/mol. The summed E-state index contributed by atoms with van der Waals surface area (Å²) >= 11 is 0. The highest BCUT2D eigenvalue weighted by Gasteiger charge is 2.20. The largest absolute Gasteiger partial charge is 0.317 e. The van der Waals surface area contributed by atoms with Crippen molar-refractivity contribution in [1.82, 2.24) is 10.2 Å². The highest BCUT2D eigenvalue weighted by Crippen LogP contribution is 2.21. The highest BCUT2D eigenvalue weighted by molar-refractivity contribution is 4.74. The molecule has 1 fully saturated rings. The first kappa shape index (κ1) is 11.0. The molecule has 0 spiro atoms. The van der Waals surface area contributed by atoms with Crippen LogP contribution in [0.3, 0.4) is 0 Å². The molecule has 0 aromatic rings. The topological polar surface area (TPSA) is 15.3 Å². The van der Waals surface area contributed by atoms with Gasteiger partial charge in [0.05, 0.1) is 0 Å². The molecule has 0 aliphatic carbocycles. The van der Waals surface area contributed by atoms with Gasteiger partial charge in [0.1, 0.15) is 0 Å². The van der Waals surface area contributed by atoms with Gasteiger partial charge in [-0.15, -0.1) is 0 Å². The van der Waals surface area contributed by atoms with E-state index in [9.17, 15) is 0 Å². The molecule has 0 amide bonds. The Morgan fingerprint density at radius 1 is 1.38 bits per heavy atom. The van der Waals surface area contributed by atoms with E-state index in [4.69, 9.17) is 0 Å². The predicted octanol–water partition coefficient (Wildman–Crippen LogP) is 1.57. The van der Waals surface area contributed by atoms with E-state index in [1.807, 2.05) is 0 Å². The molecule has 0 saturated carbocycles. The van der Waals surface area contributed by atoms with Crippen molar-refractivity contribution < 1.29 is 0 Å². The molecule has 13 heavy (non-hydrogen) atoms. The van der Waals surface area contributed by atoms with Gasteiger partial charge in [0.2, 0.25) is 0 Å². The second-order valence-corrected chi connectivity index (χ2v) is 4.42. The van der Waals surface area contributed by atoms with E-state index in [2.05, 4.69) is 31.1 Å². The van der Waals surface area contributed by atoms with Crippen LogP contribution >= 0.6 is 0 Å². The average Bonchev–Trinajstić information content (AvgIpc) is 2.19. The number of nitrogens with one attached hydrogen (secondary N) is 1. The summed E-state index contributed by atoms with van der Waals surface area (Å²) in [5.74, 6) is 1.82. The molecule has 2 nitrogen and oxygen atoms in total. The van der Waals surface area contributed by atoms with Gasteiger partial charge in [0.25, 0.3) is 0 Å². The minimum absolute atomic E-state index is 0.868. The standard InChI is InChI=1S/C11H24N2/c1-4-13(3)9-10(2)11-5-7-12-8-6-11/h10-12H,4-9H2,1-3H3. The Kier molecular flexibility index (Phi) is 4.74. The molecule has 1 aliphatic rings. The second kappa shape index (κ2) is 5.61. The molecule has 0 radical (unpaired) electrons. The molecule has 1 rings (SSSR count). The van der Waals surface area contributed by atoms with Crippen molar-refractivity contribution in [1.29, 1.82) is 0 Å². The van der Waals surface area contributed by atoms with E-state index >= 15 is 0 Å². The maximum atomic E-state index is 3.42. The quantitative estimate of drug-likeness (QED) is 0.713. The Morgan fingerprint density at radius 2 is 2.00 bits per heavy atom. The van der Waals surface area contributed by atoms with Gasteiger partial charge in [-0.25, -0.2) is 0 Å². The van der Waals surface area contributed by atoms with E-state index in [0.717, 1.165) is 11.8 Å². The van der Waals surface area contributed by atoms with E-state index in [-0.39, 0.29) is 0 Å². The Morgan fingerprint density at radius 3 is 2.54 bits per heavy atom. The van der Waals surface area contributed by atoms with Crippen molar-refractivity contribution in [2.75, 3.05) is 33.2 Å². The minimum Gasteiger partial charge on any atom is -0.317 e. The SMILES string of the molecule is CCN(C)CC(C)C1CCNCC1. The number of hydrogen-bond donors (Lipinski definition) is 1. The van der Waals surface area contributed by atoms with E-state index in [1.54, 1.807) is 0 Å². The summed E-state index contributed by atoms with van der Waals surface area (Å²) in [6, 6.07) is 0. The van der Waals surface area contributed by atoms with E-state index in [1.165, 1.54) is 39.0 Å². The number of rotatable bonds is 4. The summed E-state index contributed by atoms with van der Waals surface area (Å²) in [4.78, 5) is 2.42. The number of piperidine rings is 1. The molecule has 78 valence electrons. The monoisotopic (exact) mass is 184 g/mol. The van der Waals surface area contributed by atoms with Crippen molar-refractivity contribution in [2.45, 2.75) is 26.7 Å². The Labute approximate surface area is 82.7 Å². The fourth-order valence-corrected chi connectivity index (χ4v) is 2.18. The van der Waals surface area contributed by atoms with Crippen LogP contribution in [0.2, 0.25) is 0 Å². The van der Waals surface area contributed by atoms with Crippen LogP contribution in [0.25, 0.3) is 0 Å². The van der Waals surface area contributed by atoms with Gasteiger partial charge in [-0.1, -0.05) is 13.8 Å². The summed E-state index contributed by atoms with van der Waals surface area (Å²) < 4.78 is 0. The molecule has 1 saturated heterocycles. The van der Waals surface area contributed by atoms with Crippen LogP contribution in [-0.4, -0.2) is 38.1 Å². The maximum Gasteiger partial charge on any atom is 0.000651 e. The lowest BCUT2D eigenvalue weighted by Crippen LogP contribution is -2.35. The van der Waals surface area contributed by atoms with Gasteiger partial charge < -0.3 is 10.2 Å². The summed E-state index contributed by atoms with van der Waals surface area (Å²) in [7, 11) is 2.22. The molecule has 2 heteroatoms. The number of nitrogens with zero attached hydrogens (tertiary/aromatic N) is 1. The normalized spacial score (nSPS) is 22.2. The molecule has 0 bridgehead atoms. The van der Waals surface area contributed by atoms with Crippen molar-refractivity contribution in [3.63, 3.8) is 0 Å². The lowest BCUT2D eigenvalue weighted by molar-refractivity contribution is 0.207. The highest BCUT2D eigenvalue weighted by atomic mass is 15.1. The third-order valence-corrected chi connectivity index (χ3v) is 3.33. The molecular formula is C11H24N2. The molecule has 1 atom stereocenters. The summed E-state index contributed by atoms with van der Waals surface area (Å²) in [6.07, 6.45) is 2.75. The molecular weight excluding hydrogens is 160 g/mol. The summed E-state index contributed by atoms with van der Waals surface area (Å²) in [6.45, 7) is 9.53. The first-order chi connectivity index (χ1) is 6.24. The van der Waals surface area contributed by atoms with Crippen LogP contribution in [0, 0.1) is 11.8 Å². The van der Waals surface area contributed by atoms with Crippen molar-refractivity contribution >= 4 is 0 Å². The Hall–Kier alpha value is -0.0800. The second-order valence-electron chi connectivity index (χ2n) is 4.42. The van der Waals surface area contributed by atoms with Crippen LogP contribution in [0.15, 0.2) is 0 Å². The van der Waals surface area contributed by atoms with Crippen LogP contribution in [-0.2, 0) is 0 Å². The molecule has 0 aromatic carbocycles. The Bertz CT molecular complexity index is 130. The van der Waals surface area contributed by atoms with Crippen LogP contribution in [0.5, 0.6) is 0 Å². The molecule has 1 heterocycles. The lowest BCUT2D eigenvalue weighted by atomic mass is 9.86. The van der Waals surface area contributed by atoms with Gasteiger partial charge in [-0.2, -0.15) is 0 Å². The fraction of sp³-hybridized carbons (Fsp3) is 1.00. The summed E-state index contributed by atoms with van der Waals surface area (Å²) in [5, 5.41) is 3.42. The van der Waals surface area contributed by atoms with Crippen LogP contribution < -0.4 is 5.32 Å². The minimum atomic E-state index is 0.868. The zero-order valence-electron chi connectivity index (χ0n) is 9.34. The Balaban J connectivity index is 2.24. The molecule has 1 unspecified atom stereocenters. The third-order valence-electron chi connectivity index (χ3n) is 3.33. The first-order valence-electron chi connectivity index (χ1n) is 5.63. The van der Waals surface area contributed by atoms with Gasteiger partial charge >= 0.3 is 0 Å². The zero-order chi connectivity index (χ0) is 9.68. The van der Waals surface area contributed by atoms with Crippen molar-refractivity contribution in [3.05, 3.63) is 0 Å². The lowest BCUT2D eigenvalue weighted by Gasteiger charge is -2.30. The van der Waals surface area contributed by atoms with Gasteiger partial charge in [-0.05, 0) is 51.4 Å². The van der Waals surface area contributed by atoms with Crippen molar-refractivity contribution in [2.24, 2.45) is 11.8 Å². The third kappa shape index (κ3) is 3.65. The van der Waals surface area contributed by atoms with E-state index in [0.29, 0.717) is 0 Å². The fourth-order valence-electron chi connectivity index (χ4n) is 2.18. The van der Waals surface area contributed by atoms with Crippen LogP contribution in [0.4, 0.5) is 0 Å².